The predicted octanol–water partition coefficient (Wildman–Crippen LogP) is 2.72. The molecule has 6 heteroatoms. The van der Waals surface area contributed by atoms with Gasteiger partial charge in [0.1, 0.15) is 11.3 Å². The molecule has 0 spiro atoms. The van der Waals surface area contributed by atoms with E-state index < -0.39 is 17.4 Å². The van der Waals surface area contributed by atoms with Crippen molar-refractivity contribution in [1.82, 2.24) is 4.90 Å². The van der Waals surface area contributed by atoms with Gasteiger partial charge in [0.25, 0.3) is 0 Å². The largest absolute Gasteiger partial charge is 0.469 e. The molecule has 1 aliphatic heterocycles. The second kappa shape index (κ2) is 5.82. The van der Waals surface area contributed by atoms with Crippen LogP contribution in [0.2, 0.25) is 0 Å². The number of esters is 1. The number of carbonyl (C=O) groups is 2. The maximum atomic E-state index is 12.6. The van der Waals surface area contributed by atoms with Gasteiger partial charge < -0.3 is 14.2 Å². The Labute approximate surface area is 137 Å². The van der Waals surface area contributed by atoms with Gasteiger partial charge in [-0.1, -0.05) is 6.08 Å². The molecule has 2 fully saturated rings. The lowest BCUT2D eigenvalue weighted by molar-refractivity contribution is -0.191. The third-order valence-electron chi connectivity index (χ3n) is 4.25. The first-order chi connectivity index (χ1) is 10.5. The van der Waals surface area contributed by atoms with E-state index in [0.29, 0.717) is 6.42 Å². The Morgan fingerprint density at radius 3 is 2.43 bits per heavy atom. The number of methoxy groups -OCH3 is 1. The fourth-order valence-corrected chi connectivity index (χ4v) is 3.42. The number of hydrogen-bond donors (Lipinski definition) is 0. The summed E-state index contributed by atoms with van der Waals surface area (Å²) in [7, 11) is 1.36. The maximum absolute atomic E-state index is 12.6. The standard InChI is InChI=1S/C17H27NO5/c1-8-9-10-11-12(14(19)21-7)13(11)18(17(5,6)22-10)15(20)23-16(2,3)4/h8,10-13H,1,9H2,2-7H3/t10-,11-,12-,13-/m1/s1. The van der Waals surface area contributed by atoms with Crippen molar-refractivity contribution in [2.75, 3.05) is 7.11 Å². The van der Waals surface area contributed by atoms with Crippen LogP contribution < -0.4 is 0 Å². The highest BCUT2D eigenvalue weighted by atomic mass is 16.6. The van der Waals surface area contributed by atoms with Crippen LogP contribution in [0.3, 0.4) is 0 Å². The van der Waals surface area contributed by atoms with Gasteiger partial charge in [0, 0.05) is 5.92 Å². The van der Waals surface area contributed by atoms with Crippen molar-refractivity contribution < 1.29 is 23.8 Å². The Hall–Kier alpha value is -1.56. The zero-order valence-electron chi connectivity index (χ0n) is 14.8. The number of amides is 1. The van der Waals surface area contributed by atoms with E-state index in [1.165, 1.54) is 7.11 Å². The minimum absolute atomic E-state index is 0.0824. The lowest BCUT2D eigenvalue weighted by Gasteiger charge is -2.45. The minimum Gasteiger partial charge on any atom is -0.469 e. The zero-order valence-corrected chi connectivity index (χ0v) is 14.8. The van der Waals surface area contributed by atoms with Gasteiger partial charge in [0.15, 0.2) is 0 Å². The van der Waals surface area contributed by atoms with Crippen LogP contribution in [0.4, 0.5) is 4.79 Å². The Bertz CT molecular complexity index is 508. The number of ether oxygens (including phenoxy) is 3. The molecule has 1 amide bonds. The highest BCUT2D eigenvalue weighted by Crippen LogP contribution is 2.55. The molecule has 0 unspecified atom stereocenters. The summed E-state index contributed by atoms with van der Waals surface area (Å²) >= 11 is 0. The molecule has 2 aliphatic rings. The summed E-state index contributed by atoms with van der Waals surface area (Å²) in [5.74, 6) is -0.774. The molecule has 1 saturated heterocycles. The number of hydrogen-bond acceptors (Lipinski definition) is 5. The SMILES string of the molecule is C=CC[C@H]1OC(C)(C)N(C(=O)OC(C)(C)C)[C@H]2[C@H](C(=O)OC)[C@H]21. The molecular formula is C17H27NO5. The van der Waals surface area contributed by atoms with Gasteiger partial charge >= 0.3 is 12.1 Å². The molecule has 130 valence electrons. The van der Waals surface area contributed by atoms with Crippen LogP contribution in [0.25, 0.3) is 0 Å². The van der Waals surface area contributed by atoms with E-state index in [1.54, 1.807) is 11.0 Å². The van der Waals surface area contributed by atoms with Gasteiger partial charge in [-0.3, -0.25) is 9.69 Å². The highest BCUT2D eigenvalue weighted by molar-refractivity contribution is 5.80. The second-order valence-electron chi connectivity index (χ2n) is 7.59. The first-order valence-corrected chi connectivity index (χ1v) is 7.92. The summed E-state index contributed by atoms with van der Waals surface area (Å²) in [6.07, 6.45) is 1.77. The molecule has 4 atom stereocenters. The van der Waals surface area contributed by atoms with Crippen LogP contribution in [-0.4, -0.2) is 47.5 Å². The molecule has 23 heavy (non-hydrogen) atoms. The van der Waals surface area contributed by atoms with E-state index >= 15 is 0 Å². The van der Waals surface area contributed by atoms with Gasteiger partial charge in [-0.15, -0.1) is 6.58 Å². The van der Waals surface area contributed by atoms with E-state index in [4.69, 9.17) is 14.2 Å². The Morgan fingerprint density at radius 1 is 1.35 bits per heavy atom. The van der Waals surface area contributed by atoms with Crippen LogP contribution in [-0.2, 0) is 19.0 Å². The van der Waals surface area contributed by atoms with E-state index in [-0.39, 0.29) is 30.0 Å². The van der Waals surface area contributed by atoms with Gasteiger partial charge in [-0.05, 0) is 41.0 Å². The molecule has 0 radical (unpaired) electrons. The molecule has 0 aromatic carbocycles. The van der Waals surface area contributed by atoms with Gasteiger partial charge in [-0.2, -0.15) is 0 Å². The molecule has 6 nitrogen and oxygen atoms in total. The molecule has 1 heterocycles. The Morgan fingerprint density at radius 2 is 1.96 bits per heavy atom. The van der Waals surface area contributed by atoms with Gasteiger partial charge in [0.2, 0.25) is 0 Å². The van der Waals surface area contributed by atoms with Crippen LogP contribution in [0, 0.1) is 11.8 Å². The van der Waals surface area contributed by atoms with Crippen molar-refractivity contribution in [2.24, 2.45) is 11.8 Å². The number of fused-ring (bicyclic) bond motifs is 1. The third-order valence-corrected chi connectivity index (χ3v) is 4.25. The van der Waals surface area contributed by atoms with E-state index in [2.05, 4.69) is 6.58 Å². The highest BCUT2D eigenvalue weighted by Gasteiger charge is 2.69. The smallest absolute Gasteiger partial charge is 0.412 e. The summed E-state index contributed by atoms with van der Waals surface area (Å²) < 4.78 is 16.5. The van der Waals surface area contributed by atoms with Crippen LogP contribution in [0.5, 0.6) is 0 Å². The summed E-state index contributed by atoms with van der Waals surface area (Å²) in [6.45, 7) is 12.8. The Balaban J connectivity index is 2.29. The Kier molecular flexibility index (Phi) is 4.50. The maximum Gasteiger partial charge on any atom is 0.412 e. The molecule has 0 N–H and O–H groups in total. The van der Waals surface area contributed by atoms with Crippen LogP contribution >= 0.6 is 0 Å². The van der Waals surface area contributed by atoms with Crippen molar-refractivity contribution in [1.29, 1.82) is 0 Å². The fraction of sp³-hybridized carbons (Fsp3) is 0.765. The number of nitrogens with zero attached hydrogens (tertiary/aromatic N) is 1. The number of carbonyl (C=O) groups excluding carboxylic acids is 2. The predicted molar refractivity (Wildman–Crippen MR) is 84.6 cm³/mol. The molecule has 2 rings (SSSR count). The monoisotopic (exact) mass is 325 g/mol. The molecule has 0 bridgehead atoms. The summed E-state index contributed by atoms with van der Waals surface area (Å²) in [4.78, 5) is 26.3. The number of rotatable bonds is 3. The van der Waals surface area contributed by atoms with Crippen molar-refractivity contribution >= 4 is 12.1 Å². The average Bonchev–Trinajstić information content (AvgIpc) is 3.09. The van der Waals surface area contributed by atoms with E-state index in [9.17, 15) is 9.59 Å². The van der Waals surface area contributed by atoms with Crippen molar-refractivity contribution in [3.8, 4) is 0 Å². The molecular weight excluding hydrogens is 298 g/mol. The summed E-state index contributed by atoms with van der Waals surface area (Å²) in [5, 5.41) is 0. The average molecular weight is 325 g/mol. The lowest BCUT2D eigenvalue weighted by Crippen LogP contribution is -2.58. The van der Waals surface area contributed by atoms with Crippen molar-refractivity contribution in [3.05, 3.63) is 12.7 Å². The fourth-order valence-electron chi connectivity index (χ4n) is 3.42. The first kappa shape index (κ1) is 17.8. The first-order valence-electron chi connectivity index (χ1n) is 7.92. The van der Waals surface area contributed by atoms with Crippen molar-refractivity contribution in [3.63, 3.8) is 0 Å². The lowest BCUT2D eigenvalue weighted by atomic mass is 10.1. The minimum atomic E-state index is -0.861. The molecule has 1 saturated carbocycles. The third kappa shape index (κ3) is 3.37. The second-order valence-corrected chi connectivity index (χ2v) is 7.59. The van der Waals surface area contributed by atoms with E-state index in [0.717, 1.165) is 0 Å². The zero-order chi connectivity index (χ0) is 17.6. The van der Waals surface area contributed by atoms with Crippen LogP contribution in [0.15, 0.2) is 12.7 Å². The van der Waals surface area contributed by atoms with E-state index in [1.807, 2.05) is 34.6 Å². The summed E-state index contributed by atoms with van der Waals surface area (Å²) in [5.41, 5.74) is -1.48. The van der Waals surface area contributed by atoms with Gasteiger partial charge in [0.05, 0.1) is 25.2 Å². The molecule has 0 aromatic heterocycles. The quantitative estimate of drug-likeness (QED) is 0.590. The molecule has 1 aliphatic carbocycles. The van der Waals surface area contributed by atoms with Crippen molar-refractivity contribution in [2.45, 2.75) is 64.5 Å². The normalized spacial score (nSPS) is 31.8. The molecule has 0 aromatic rings. The van der Waals surface area contributed by atoms with Gasteiger partial charge in [-0.25, -0.2) is 4.79 Å². The summed E-state index contributed by atoms with van der Waals surface area (Å²) in [6, 6.07) is -0.258. The topological polar surface area (TPSA) is 65.1 Å². The van der Waals surface area contributed by atoms with Crippen LogP contribution in [0.1, 0.15) is 41.0 Å².